The Morgan fingerprint density at radius 1 is 1.12 bits per heavy atom. The average Bonchev–Trinajstić information content (AvgIpc) is 2.28. The Labute approximate surface area is 91.3 Å². The molecule has 1 rings (SSSR count). The summed E-state index contributed by atoms with van der Waals surface area (Å²) in [5, 5.41) is 8.39. The molecule has 0 fully saturated rings. The molecule has 0 amide bonds. The van der Waals surface area contributed by atoms with Gasteiger partial charge in [-0.25, -0.2) is 9.59 Å². The van der Waals surface area contributed by atoms with Crippen molar-refractivity contribution in [2.24, 2.45) is 0 Å². The maximum Gasteiger partial charge on any atom is 0.422 e. The molecule has 16 heavy (non-hydrogen) atoms. The van der Waals surface area contributed by atoms with E-state index < -0.39 is 11.9 Å². The molecule has 1 N–H and O–H groups in total. The Kier molecular flexibility index (Phi) is 3.71. The summed E-state index contributed by atoms with van der Waals surface area (Å²) in [6.07, 6.45) is 0. The summed E-state index contributed by atoms with van der Waals surface area (Å²) in [5.41, 5.74) is 0. The van der Waals surface area contributed by atoms with Crippen LogP contribution in [0.4, 0.5) is 0 Å². The molecule has 1 aromatic rings. The fraction of sp³-hybridized carbons (Fsp3) is 0.200. The molecule has 6 heteroatoms. The van der Waals surface area contributed by atoms with Gasteiger partial charge in [0, 0.05) is 6.07 Å². The molecule has 0 spiro atoms. The number of carboxylic acids is 1. The largest absolute Gasteiger partial charge is 0.497 e. The Balaban J connectivity index is 3.00. The molecule has 0 aliphatic rings. The quantitative estimate of drug-likeness (QED) is 0.464. The minimum Gasteiger partial charge on any atom is -0.497 e. The van der Waals surface area contributed by atoms with Crippen molar-refractivity contribution in [2.45, 2.75) is 0 Å². The Morgan fingerprint density at radius 3 is 2.31 bits per heavy atom. The number of carbonyl (C=O) groups is 2. The number of ether oxygens (including phenoxy) is 3. The predicted molar refractivity (Wildman–Crippen MR) is 52.8 cm³/mol. The van der Waals surface area contributed by atoms with Crippen LogP contribution in [0.3, 0.4) is 0 Å². The predicted octanol–water partition coefficient (Wildman–Crippen LogP) is 0.694. The molecule has 1 aromatic carbocycles. The number of hydrogen-bond donors (Lipinski definition) is 1. The summed E-state index contributed by atoms with van der Waals surface area (Å²) in [6, 6.07) is 4.46. The van der Waals surface area contributed by atoms with E-state index in [1.807, 2.05) is 0 Å². The molecular formula is C10H10O6. The van der Waals surface area contributed by atoms with E-state index in [0.29, 0.717) is 5.75 Å². The maximum atomic E-state index is 10.9. The van der Waals surface area contributed by atoms with E-state index in [1.165, 1.54) is 26.4 Å². The van der Waals surface area contributed by atoms with Crippen molar-refractivity contribution >= 4 is 11.9 Å². The van der Waals surface area contributed by atoms with Crippen LogP contribution >= 0.6 is 0 Å². The van der Waals surface area contributed by atoms with Crippen molar-refractivity contribution in [3.63, 3.8) is 0 Å². The normalized spacial score (nSPS) is 9.38. The summed E-state index contributed by atoms with van der Waals surface area (Å²) in [6.45, 7) is 0. The van der Waals surface area contributed by atoms with Crippen molar-refractivity contribution in [3.8, 4) is 17.2 Å². The van der Waals surface area contributed by atoms with Gasteiger partial charge in [-0.15, -0.1) is 0 Å². The van der Waals surface area contributed by atoms with Gasteiger partial charge in [-0.05, 0) is 12.1 Å². The van der Waals surface area contributed by atoms with E-state index in [4.69, 9.17) is 14.6 Å². The fourth-order valence-corrected chi connectivity index (χ4v) is 1.01. The number of benzene rings is 1. The second-order valence-electron chi connectivity index (χ2n) is 2.71. The summed E-state index contributed by atoms with van der Waals surface area (Å²) < 4.78 is 14.4. The van der Waals surface area contributed by atoms with Gasteiger partial charge < -0.3 is 19.3 Å². The van der Waals surface area contributed by atoms with Crippen LogP contribution in [-0.4, -0.2) is 31.3 Å². The molecule has 0 aliphatic carbocycles. The van der Waals surface area contributed by atoms with E-state index in [-0.39, 0.29) is 11.5 Å². The highest BCUT2D eigenvalue weighted by Crippen LogP contribution is 2.31. The smallest absolute Gasteiger partial charge is 0.422 e. The van der Waals surface area contributed by atoms with Crippen LogP contribution in [0.15, 0.2) is 18.2 Å². The number of esters is 1. The van der Waals surface area contributed by atoms with Crippen LogP contribution in [0, 0.1) is 0 Å². The number of hydrogen-bond acceptors (Lipinski definition) is 5. The van der Waals surface area contributed by atoms with Crippen LogP contribution in [0.2, 0.25) is 0 Å². The second kappa shape index (κ2) is 5.01. The summed E-state index contributed by atoms with van der Waals surface area (Å²) in [7, 11) is 2.81. The monoisotopic (exact) mass is 226 g/mol. The third kappa shape index (κ3) is 2.63. The zero-order valence-electron chi connectivity index (χ0n) is 8.72. The zero-order valence-corrected chi connectivity index (χ0v) is 8.72. The van der Waals surface area contributed by atoms with Gasteiger partial charge in [-0.2, -0.15) is 0 Å². The number of aliphatic carboxylic acids is 1. The molecule has 0 atom stereocenters. The van der Waals surface area contributed by atoms with E-state index in [1.54, 1.807) is 6.07 Å². The third-order valence-corrected chi connectivity index (χ3v) is 1.75. The number of methoxy groups -OCH3 is 2. The van der Waals surface area contributed by atoms with E-state index in [9.17, 15) is 9.59 Å². The topological polar surface area (TPSA) is 82.1 Å². The van der Waals surface area contributed by atoms with Crippen LogP contribution in [0.1, 0.15) is 0 Å². The minimum absolute atomic E-state index is 0.00532. The molecule has 0 aliphatic heterocycles. The Morgan fingerprint density at radius 2 is 1.81 bits per heavy atom. The van der Waals surface area contributed by atoms with Crippen molar-refractivity contribution in [2.75, 3.05) is 14.2 Å². The lowest BCUT2D eigenvalue weighted by molar-refractivity contribution is -0.158. The highest BCUT2D eigenvalue weighted by atomic mass is 16.6. The minimum atomic E-state index is -1.68. The van der Waals surface area contributed by atoms with Crippen LogP contribution in [0.5, 0.6) is 17.2 Å². The zero-order chi connectivity index (χ0) is 12.1. The van der Waals surface area contributed by atoms with E-state index in [0.717, 1.165) is 0 Å². The molecule has 0 saturated heterocycles. The summed E-state index contributed by atoms with van der Waals surface area (Å²) in [5.74, 6) is -2.39. The van der Waals surface area contributed by atoms with Gasteiger partial charge in [0.2, 0.25) is 0 Å². The first-order valence-corrected chi connectivity index (χ1v) is 4.25. The first-order chi connectivity index (χ1) is 7.58. The third-order valence-electron chi connectivity index (χ3n) is 1.75. The second-order valence-corrected chi connectivity index (χ2v) is 2.71. The van der Waals surface area contributed by atoms with E-state index >= 15 is 0 Å². The molecule has 0 unspecified atom stereocenters. The Bertz CT molecular complexity index is 412. The highest BCUT2D eigenvalue weighted by molar-refractivity contribution is 6.29. The molecule has 86 valence electrons. The van der Waals surface area contributed by atoms with Gasteiger partial charge in [0.25, 0.3) is 0 Å². The lowest BCUT2D eigenvalue weighted by Gasteiger charge is -2.09. The van der Waals surface area contributed by atoms with Gasteiger partial charge in [0.05, 0.1) is 14.2 Å². The first kappa shape index (κ1) is 11.8. The maximum absolute atomic E-state index is 10.9. The van der Waals surface area contributed by atoms with Crippen molar-refractivity contribution in [1.82, 2.24) is 0 Å². The van der Waals surface area contributed by atoms with Gasteiger partial charge in [0.1, 0.15) is 5.75 Å². The lowest BCUT2D eigenvalue weighted by atomic mass is 10.3. The summed E-state index contributed by atoms with van der Waals surface area (Å²) >= 11 is 0. The van der Waals surface area contributed by atoms with E-state index in [2.05, 4.69) is 4.74 Å². The van der Waals surface area contributed by atoms with Gasteiger partial charge in [-0.3, -0.25) is 0 Å². The van der Waals surface area contributed by atoms with Gasteiger partial charge in [0.15, 0.2) is 11.5 Å². The molecule has 0 heterocycles. The van der Waals surface area contributed by atoms with Gasteiger partial charge in [-0.1, -0.05) is 0 Å². The lowest BCUT2D eigenvalue weighted by Crippen LogP contribution is -2.19. The molecular weight excluding hydrogens is 216 g/mol. The average molecular weight is 226 g/mol. The van der Waals surface area contributed by atoms with Crippen molar-refractivity contribution < 1.29 is 28.9 Å². The van der Waals surface area contributed by atoms with Crippen LogP contribution < -0.4 is 14.2 Å². The van der Waals surface area contributed by atoms with Crippen molar-refractivity contribution in [3.05, 3.63) is 18.2 Å². The van der Waals surface area contributed by atoms with Crippen molar-refractivity contribution in [1.29, 1.82) is 0 Å². The standard InChI is InChI=1S/C10H10O6/c1-14-6-3-4-7(15-2)8(5-6)16-10(13)9(11)12/h3-5H,1-2H3,(H,11,12). The molecule has 0 aromatic heterocycles. The fourth-order valence-electron chi connectivity index (χ4n) is 1.01. The number of carboxylic acid groups (broad SMARTS) is 1. The highest BCUT2D eigenvalue weighted by Gasteiger charge is 2.17. The number of carbonyl (C=O) groups excluding carboxylic acids is 1. The SMILES string of the molecule is COc1ccc(OC)c(OC(=O)C(=O)O)c1. The first-order valence-electron chi connectivity index (χ1n) is 4.25. The molecule has 0 bridgehead atoms. The molecule has 0 saturated carbocycles. The molecule has 0 radical (unpaired) electrons. The van der Waals surface area contributed by atoms with Crippen LogP contribution in [-0.2, 0) is 9.59 Å². The Hall–Kier alpha value is -2.24. The summed E-state index contributed by atoms with van der Waals surface area (Å²) in [4.78, 5) is 21.2. The van der Waals surface area contributed by atoms with Gasteiger partial charge >= 0.3 is 11.9 Å². The number of rotatable bonds is 3. The molecule has 6 nitrogen and oxygen atoms in total. The van der Waals surface area contributed by atoms with Crippen LogP contribution in [0.25, 0.3) is 0 Å².